The van der Waals surface area contributed by atoms with E-state index in [1.54, 1.807) is 6.08 Å². The third-order valence-electron chi connectivity index (χ3n) is 2.81. The molecule has 0 unspecified atom stereocenters. The van der Waals surface area contributed by atoms with Gasteiger partial charge in [-0.05, 0) is 0 Å². The molecular formula is C16H14O2Se. The zero-order chi connectivity index (χ0) is 13.7. The number of benzene rings is 2. The van der Waals surface area contributed by atoms with E-state index < -0.39 is 0 Å². The van der Waals surface area contributed by atoms with Crippen LogP contribution in [0.25, 0.3) is 17.2 Å². The first-order valence-electron chi connectivity index (χ1n) is 5.84. The summed E-state index contributed by atoms with van der Waals surface area (Å²) in [6, 6.07) is 13.5. The number of carbonyl (C=O) groups is 1. The molecule has 0 aliphatic heterocycles. The fourth-order valence-corrected chi connectivity index (χ4v) is 2.81. The van der Waals surface area contributed by atoms with Gasteiger partial charge in [-0.2, -0.15) is 0 Å². The van der Waals surface area contributed by atoms with Crippen LogP contribution in [0, 0.1) is 0 Å². The van der Waals surface area contributed by atoms with Gasteiger partial charge in [-0.1, -0.05) is 0 Å². The molecule has 19 heavy (non-hydrogen) atoms. The molecule has 0 bridgehead atoms. The van der Waals surface area contributed by atoms with Crippen molar-refractivity contribution in [2.24, 2.45) is 0 Å². The molecular weight excluding hydrogens is 303 g/mol. The van der Waals surface area contributed by atoms with Crippen LogP contribution in [0.5, 0.6) is 5.75 Å². The molecule has 2 nitrogen and oxygen atoms in total. The van der Waals surface area contributed by atoms with E-state index in [0.29, 0.717) is 15.0 Å². The topological polar surface area (TPSA) is 37.3 Å². The zero-order valence-electron chi connectivity index (χ0n) is 10.5. The van der Waals surface area contributed by atoms with Crippen LogP contribution in [0.15, 0.2) is 48.5 Å². The molecule has 0 atom stereocenters. The van der Waals surface area contributed by atoms with Crippen molar-refractivity contribution < 1.29 is 9.90 Å². The van der Waals surface area contributed by atoms with Gasteiger partial charge in [0.2, 0.25) is 0 Å². The minimum absolute atomic E-state index is 0.285. The standard InChI is InChI=1S/C16H14O2Se/c1-19-13-8-9-15(16(18)11-13)14-7-3-2-5-12(14)6-4-10-17/h2-11,18H,1H3/b6-4+. The Hall–Kier alpha value is -1.83. The number of rotatable bonds is 4. The summed E-state index contributed by atoms with van der Waals surface area (Å²) in [5.41, 5.74) is 2.63. The van der Waals surface area contributed by atoms with E-state index in [9.17, 15) is 9.90 Å². The maximum atomic E-state index is 10.4. The molecule has 0 fully saturated rings. The van der Waals surface area contributed by atoms with E-state index in [0.717, 1.165) is 27.4 Å². The summed E-state index contributed by atoms with van der Waals surface area (Å²) < 4.78 is 1.16. The van der Waals surface area contributed by atoms with Gasteiger partial charge in [0.25, 0.3) is 0 Å². The van der Waals surface area contributed by atoms with E-state index in [1.165, 1.54) is 6.08 Å². The first-order valence-corrected chi connectivity index (χ1v) is 8.41. The van der Waals surface area contributed by atoms with Gasteiger partial charge in [-0.25, -0.2) is 0 Å². The fraction of sp³-hybridized carbons (Fsp3) is 0.0625. The van der Waals surface area contributed by atoms with Gasteiger partial charge in [-0.3, -0.25) is 0 Å². The summed E-state index contributed by atoms with van der Waals surface area (Å²) in [5, 5.41) is 10.1. The van der Waals surface area contributed by atoms with Crippen molar-refractivity contribution in [2.45, 2.75) is 5.82 Å². The number of phenols is 1. The van der Waals surface area contributed by atoms with Gasteiger partial charge in [0.05, 0.1) is 0 Å². The number of hydrogen-bond acceptors (Lipinski definition) is 2. The first-order chi connectivity index (χ1) is 9.26. The number of aldehydes is 1. The second-order valence-corrected chi connectivity index (χ2v) is 5.81. The van der Waals surface area contributed by atoms with E-state index >= 15 is 0 Å². The third kappa shape index (κ3) is 3.14. The fourth-order valence-electron chi connectivity index (χ4n) is 1.90. The summed E-state index contributed by atoms with van der Waals surface area (Å²) in [5.74, 6) is 2.40. The summed E-state index contributed by atoms with van der Waals surface area (Å²) in [7, 11) is 0. The number of allylic oxidation sites excluding steroid dienone is 1. The SMILES string of the molecule is C[Se]c1ccc(-c2ccccc2/C=C/C=O)c(O)c1. The van der Waals surface area contributed by atoms with Gasteiger partial charge < -0.3 is 0 Å². The Kier molecular flexibility index (Phi) is 4.56. The molecule has 0 radical (unpaired) electrons. The van der Waals surface area contributed by atoms with Gasteiger partial charge in [0.15, 0.2) is 0 Å². The van der Waals surface area contributed by atoms with E-state index in [-0.39, 0.29) is 5.75 Å². The van der Waals surface area contributed by atoms with Crippen LogP contribution < -0.4 is 4.46 Å². The Balaban J connectivity index is 2.52. The molecule has 2 rings (SSSR count). The summed E-state index contributed by atoms with van der Waals surface area (Å²) >= 11 is 0.368. The van der Waals surface area contributed by atoms with Crippen molar-refractivity contribution in [3.63, 3.8) is 0 Å². The van der Waals surface area contributed by atoms with Crippen molar-refractivity contribution in [3.05, 3.63) is 54.1 Å². The van der Waals surface area contributed by atoms with Crippen LogP contribution in [-0.4, -0.2) is 26.3 Å². The quantitative estimate of drug-likeness (QED) is 0.535. The molecule has 0 saturated carbocycles. The molecule has 0 heterocycles. The molecule has 0 aliphatic carbocycles. The summed E-state index contributed by atoms with van der Waals surface area (Å²) in [6.45, 7) is 0. The second kappa shape index (κ2) is 6.37. The van der Waals surface area contributed by atoms with Crippen molar-refractivity contribution in [1.82, 2.24) is 0 Å². The van der Waals surface area contributed by atoms with E-state index in [4.69, 9.17) is 0 Å². The zero-order valence-corrected chi connectivity index (χ0v) is 12.3. The van der Waals surface area contributed by atoms with Crippen LogP contribution in [0.3, 0.4) is 0 Å². The Morgan fingerprint density at radius 3 is 2.58 bits per heavy atom. The predicted molar refractivity (Wildman–Crippen MR) is 79.9 cm³/mol. The summed E-state index contributed by atoms with van der Waals surface area (Å²) in [4.78, 5) is 10.4. The number of phenolic OH excluding ortho intramolecular Hbond substituents is 1. The molecule has 3 heteroatoms. The van der Waals surface area contributed by atoms with Crippen LogP contribution in [0.4, 0.5) is 0 Å². The molecule has 1 N–H and O–H groups in total. The molecule has 2 aromatic carbocycles. The number of hydrogen-bond donors (Lipinski definition) is 1. The Morgan fingerprint density at radius 2 is 1.89 bits per heavy atom. The van der Waals surface area contributed by atoms with Crippen molar-refractivity contribution in [1.29, 1.82) is 0 Å². The first kappa shape index (κ1) is 13.6. The van der Waals surface area contributed by atoms with Crippen LogP contribution in [0.2, 0.25) is 5.82 Å². The number of carbonyl (C=O) groups excluding carboxylic acids is 1. The van der Waals surface area contributed by atoms with E-state index in [1.807, 2.05) is 42.5 Å². The normalized spacial score (nSPS) is 10.8. The molecule has 0 amide bonds. The molecule has 0 aliphatic rings. The Bertz CT molecular complexity index is 618. The second-order valence-electron chi connectivity index (χ2n) is 3.97. The average molecular weight is 317 g/mol. The van der Waals surface area contributed by atoms with Gasteiger partial charge in [0, 0.05) is 0 Å². The predicted octanol–water partition coefficient (Wildman–Crippen LogP) is 2.65. The van der Waals surface area contributed by atoms with Gasteiger partial charge >= 0.3 is 118 Å². The Morgan fingerprint density at radius 1 is 1.11 bits per heavy atom. The van der Waals surface area contributed by atoms with Crippen LogP contribution >= 0.6 is 0 Å². The number of aromatic hydroxyl groups is 1. The van der Waals surface area contributed by atoms with Gasteiger partial charge in [-0.15, -0.1) is 0 Å². The minimum atomic E-state index is 0.285. The van der Waals surface area contributed by atoms with E-state index in [2.05, 4.69) is 5.82 Å². The third-order valence-corrected chi connectivity index (χ3v) is 4.33. The molecule has 2 aromatic rings. The molecule has 0 spiro atoms. The summed E-state index contributed by atoms with van der Waals surface area (Å²) in [6.07, 6.45) is 3.96. The average Bonchev–Trinajstić information content (AvgIpc) is 2.45. The molecule has 96 valence electrons. The monoisotopic (exact) mass is 318 g/mol. The van der Waals surface area contributed by atoms with Crippen LogP contribution in [-0.2, 0) is 4.79 Å². The molecule has 0 aromatic heterocycles. The Labute approximate surface area is 118 Å². The molecule has 0 saturated heterocycles. The van der Waals surface area contributed by atoms with Crippen molar-refractivity contribution >= 4 is 31.8 Å². The van der Waals surface area contributed by atoms with Crippen molar-refractivity contribution in [3.8, 4) is 16.9 Å². The maximum absolute atomic E-state index is 10.4. The van der Waals surface area contributed by atoms with Crippen molar-refractivity contribution in [2.75, 3.05) is 0 Å². The van der Waals surface area contributed by atoms with Gasteiger partial charge in [0.1, 0.15) is 0 Å². The van der Waals surface area contributed by atoms with Crippen LogP contribution in [0.1, 0.15) is 5.56 Å².